The molecule has 0 bridgehead atoms. The number of methoxy groups -OCH3 is 1. The second-order valence-electron chi connectivity index (χ2n) is 10.1. The maximum atomic E-state index is 13.6. The van der Waals surface area contributed by atoms with Gasteiger partial charge in [-0.25, -0.2) is 13.2 Å². The average Bonchev–Trinajstić information content (AvgIpc) is 3.35. The van der Waals surface area contributed by atoms with Gasteiger partial charge in [-0.05, 0) is 49.1 Å². The van der Waals surface area contributed by atoms with Crippen LogP contribution in [0.1, 0.15) is 31.7 Å². The van der Waals surface area contributed by atoms with Gasteiger partial charge in [0.05, 0.1) is 43.5 Å². The molecule has 2 atom stereocenters. The third-order valence-electron chi connectivity index (χ3n) is 7.50. The van der Waals surface area contributed by atoms with Crippen LogP contribution in [-0.2, 0) is 30.8 Å². The molecule has 0 N–H and O–H groups in total. The van der Waals surface area contributed by atoms with Gasteiger partial charge < -0.3 is 23.8 Å². The summed E-state index contributed by atoms with van der Waals surface area (Å²) in [7, 11) is -2.22. The largest absolute Gasteiger partial charge is 0.497 e. The second kappa shape index (κ2) is 13.0. The molecule has 226 valence electrons. The van der Waals surface area contributed by atoms with Gasteiger partial charge >= 0.3 is 12.3 Å². The molecule has 41 heavy (non-hydrogen) atoms. The topological polar surface area (TPSA) is 94.6 Å². The number of carbonyl (C=O) groups excluding carboxylic acids is 1. The van der Waals surface area contributed by atoms with Crippen LogP contribution in [-0.4, -0.2) is 87.6 Å². The van der Waals surface area contributed by atoms with Gasteiger partial charge in [0.1, 0.15) is 5.75 Å². The molecule has 2 fully saturated rings. The molecular weight excluding hydrogens is 565 g/mol. The zero-order valence-electron chi connectivity index (χ0n) is 23.0. The molecule has 0 aliphatic carbocycles. The highest BCUT2D eigenvalue weighted by molar-refractivity contribution is 7.89. The Bertz CT molecular complexity index is 1250. The standard InChI is InChI=1S/C28H35F3N2O7S/c1-3-33(41(35,36)24-7-5-4-6-8-24)22-17-27(39-19-22)13-15-32(16-14-27)26(34)40-25(28(29,30)31)20-38-18-21-9-11-23(37-2)12-10-21/h4-12,22,25H,3,13-20H2,1-2H3/t22-,25-/m1/s1. The Morgan fingerprint density at radius 2 is 1.78 bits per heavy atom. The Morgan fingerprint density at radius 3 is 2.37 bits per heavy atom. The number of hydrogen-bond acceptors (Lipinski definition) is 7. The Balaban J connectivity index is 1.30. The Hall–Kier alpha value is -2.87. The maximum Gasteiger partial charge on any atom is 0.427 e. The molecule has 9 nitrogen and oxygen atoms in total. The van der Waals surface area contributed by atoms with E-state index in [9.17, 15) is 26.4 Å². The first-order chi connectivity index (χ1) is 19.5. The van der Waals surface area contributed by atoms with Gasteiger partial charge in [0, 0.05) is 19.6 Å². The second-order valence-corrected chi connectivity index (χ2v) is 12.0. The van der Waals surface area contributed by atoms with Crippen molar-refractivity contribution in [3.05, 3.63) is 60.2 Å². The summed E-state index contributed by atoms with van der Waals surface area (Å²) >= 11 is 0. The summed E-state index contributed by atoms with van der Waals surface area (Å²) in [6.07, 6.45) is -7.16. The molecule has 2 aliphatic rings. The lowest BCUT2D eigenvalue weighted by Crippen LogP contribution is -2.49. The molecule has 4 rings (SSSR count). The van der Waals surface area contributed by atoms with Crippen molar-refractivity contribution in [1.29, 1.82) is 0 Å². The molecule has 13 heteroatoms. The fourth-order valence-electron chi connectivity index (χ4n) is 5.20. The highest BCUT2D eigenvalue weighted by atomic mass is 32.2. The minimum Gasteiger partial charge on any atom is -0.497 e. The number of carbonyl (C=O) groups is 1. The van der Waals surface area contributed by atoms with Crippen molar-refractivity contribution in [2.24, 2.45) is 0 Å². The number of benzene rings is 2. The van der Waals surface area contributed by atoms with E-state index in [0.29, 0.717) is 30.6 Å². The van der Waals surface area contributed by atoms with Crippen molar-refractivity contribution < 1.29 is 45.3 Å². The quantitative estimate of drug-likeness (QED) is 0.393. The summed E-state index contributed by atoms with van der Waals surface area (Å²) in [6.45, 7) is 1.55. The molecule has 0 unspecified atom stereocenters. The fraction of sp³-hybridized carbons (Fsp3) is 0.536. The average molecular weight is 601 g/mol. The van der Waals surface area contributed by atoms with Crippen molar-refractivity contribution in [2.45, 2.75) is 61.6 Å². The van der Waals surface area contributed by atoms with Crippen LogP contribution in [0.15, 0.2) is 59.5 Å². The third kappa shape index (κ3) is 7.51. The number of nitrogens with zero attached hydrogens (tertiary/aromatic N) is 2. The van der Waals surface area contributed by atoms with Crippen LogP contribution in [0.5, 0.6) is 5.75 Å². The summed E-state index contributed by atoms with van der Waals surface area (Å²) in [5.74, 6) is 0.609. The molecule has 1 spiro atoms. The van der Waals surface area contributed by atoms with Gasteiger partial charge in [-0.1, -0.05) is 37.3 Å². The molecule has 2 saturated heterocycles. The number of piperidine rings is 1. The van der Waals surface area contributed by atoms with E-state index in [4.69, 9.17) is 18.9 Å². The molecular formula is C28H35F3N2O7S. The van der Waals surface area contributed by atoms with E-state index in [1.54, 1.807) is 61.5 Å². The maximum absolute atomic E-state index is 13.6. The number of sulfonamides is 1. The van der Waals surface area contributed by atoms with Crippen LogP contribution >= 0.6 is 0 Å². The van der Waals surface area contributed by atoms with Gasteiger partial charge in [0.25, 0.3) is 0 Å². The summed E-state index contributed by atoms with van der Waals surface area (Å²) in [5.41, 5.74) is -0.0149. The van der Waals surface area contributed by atoms with Gasteiger partial charge in [0.2, 0.25) is 16.1 Å². The van der Waals surface area contributed by atoms with Crippen molar-refractivity contribution in [1.82, 2.24) is 9.21 Å². The van der Waals surface area contributed by atoms with E-state index in [0.717, 1.165) is 0 Å². The minimum absolute atomic E-state index is 0.0896. The lowest BCUT2D eigenvalue weighted by Gasteiger charge is -2.39. The van der Waals surface area contributed by atoms with Gasteiger partial charge in [0.15, 0.2) is 0 Å². The van der Waals surface area contributed by atoms with Crippen LogP contribution in [0.4, 0.5) is 18.0 Å². The number of likely N-dealkylation sites (tertiary alicyclic amines) is 1. The first-order valence-electron chi connectivity index (χ1n) is 13.4. The summed E-state index contributed by atoms with van der Waals surface area (Å²) in [4.78, 5) is 14.1. The van der Waals surface area contributed by atoms with Crippen molar-refractivity contribution in [3.63, 3.8) is 0 Å². The Kier molecular flexibility index (Phi) is 9.83. The number of rotatable bonds is 10. The lowest BCUT2D eigenvalue weighted by molar-refractivity contribution is -0.220. The first kappa shape index (κ1) is 31.1. The molecule has 0 saturated carbocycles. The third-order valence-corrected chi connectivity index (χ3v) is 9.54. The van der Waals surface area contributed by atoms with Crippen LogP contribution in [0.2, 0.25) is 0 Å². The number of halogens is 3. The predicted molar refractivity (Wildman–Crippen MR) is 143 cm³/mol. The number of likely N-dealkylation sites (N-methyl/N-ethyl adjacent to an activating group) is 1. The van der Waals surface area contributed by atoms with Crippen LogP contribution < -0.4 is 4.74 Å². The van der Waals surface area contributed by atoms with Crippen molar-refractivity contribution in [3.8, 4) is 5.75 Å². The lowest BCUT2D eigenvalue weighted by atomic mass is 9.87. The zero-order chi connectivity index (χ0) is 29.7. The highest BCUT2D eigenvalue weighted by Gasteiger charge is 2.48. The van der Waals surface area contributed by atoms with Gasteiger partial charge in [-0.3, -0.25) is 0 Å². The number of ether oxygens (including phenoxy) is 4. The van der Waals surface area contributed by atoms with E-state index in [1.807, 2.05) is 0 Å². The molecule has 0 aromatic heterocycles. The molecule has 1 amide bonds. The smallest absolute Gasteiger partial charge is 0.427 e. The Morgan fingerprint density at radius 1 is 1.12 bits per heavy atom. The van der Waals surface area contributed by atoms with Crippen molar-refractivity contribution in [2.75, 3.05) is 40.0 Å². The molecule has 2 heterocycles. The SMILES string of the molecule is CCN([C@H]1COC2(CCN(C(=O)O[C@H](COCc3ccc(OC)cc3)C(F)(F)F)CC2)C1)S(=O)(=O)c1ccccc1. The molecule has 2 aromatic rings. The summed E-state index contributed by atoms with van der Waals surface area (Å²) in [5, 5.41) is 0. The van der Waals surface area contributed by atoms with Crippen LogP contribution in [0.25, 0.3) is 0 Å². The van der Waals surface area contributed by atoms with Crippen LogP contribution in [0, 0.1) is 0 Å². The number of alkyl halides is 3. The monoisotopic (exact) mass is 600 g/mol. The minimum atomic E-state index is -4.80. The molecule has 2 aromatic carbocycles. The number of amides is 1. The van der Waals surface area contributed by atoms with Gasteiger partial charge in [-0.2, -0.15) is 17.5 Å². The highest BCUT2D eigenvalue weighted by Crippen LogP contribution is 2.39. The first-order valence-corrected chi connectivity index (χ1v) is 14.9. The Labute approximate surface area is 238 Å². The van der Waals surface area contributed by atoms with Crippen molar-refractivity contribution >= 4 is 16.1 Å². The normalized spacial score (nSPS) is 19.9. The van der Waals surface area contributed by atoms with E-state index in [2.05, 4.69) is 0 Å². The van der Waals surface area contributed by atoms with E-state index in [-0.39, 0.29) is 43.8 Å². The molecule has 2 aliphatic heterocycles. The number of hydrogen-bond donors (Lipinski definition) is 0. The van der Waals surface area contributed by atoms with E-state index >= 15 is 0 Å². The summed E-state index contributed by atoms with van der Waals surface area (Å²) in [6, 6.07) is 14.5. The van der Waals surface area contributed by atoms with Gasteiger partial charge in [-0.15, -0.1) is 0 Å². The fourth-order valence-corrected chi connectivity index (χ4v) is 6.84. The predicted octanol–water partition coefficient (Wildman–Crippen LogP) is 4.61. The molecule has 0 radical (unpaired) electrons. The van der Waals surface area contributed by atoms with E-state index in [1.165, 1.54) is 16.3 Å². The zero-order valence-corrected chi connectivity index (χ0v) is 23.8. The van der Waals surface area contributed by atoms with E-state index < -0.39 is 40.6 Å². The van der Waals surface area contributed by atoms with Crippen LogP contribution in [0.3, 0.4) is 0 Å². The summed E-state index contributed by atoms with van der Waals surface area (Å²) < 4.78 is 89.9.